The quantitative estimate of drug-likeness (QED) is 0.873. The van der Waals surface area contributed by atoms with Crippen molar-refractivity contribution in [3.8, 4) is 0 Å². The zero-order valence-corrected chi connectivity index (χ0v) is 12.5. The SMILES string of the molecule is Fc1ccc(N2CCN(c3nnc(C4CC4)s3)CC2)cc1. The van der Waals surface area contributed by atoms with Gasteiger partial charge < -0.3 is 9.80 Å². The van der Waals surface area contributed by atoms with Crippen LogP contribution in [0.4, 0.5) is 15.2 Å². The van der Waals surface area contributed by atoms with E-state index in [2.05, 4.69) is 20.0 Å². The van der Waals surface area contributed by atoms with Crippen molar-refractivity contribution in [2.75, 3.05) is 36.0 Å². The predicted molar refractivity (Wildman–Crippen MR) is 82.7 cm³/mol. The van der Waals surface area contributed by atoms with E-state index in [4.69, 9.17) is 0 Å². The summed E-state index contributed by atoms with van der Waals surface area (Å²) in [6.45, 7) is 3.75. The minimum absolute atomic E-state index is 0.182. The van der Waals surface area contributed by atoms with E-state index in [9.17, 15) is 4.39 Å². The van der Waals surface area contributed by atoms with Crippen LogP contribution in [0.5, 0.6) is 0 Å². The first-order chi connectivity index (χ1) is 10.3. The molecular formula is C15H17FN4S. The fraction of sp³-hybridized carbons (Fsp3) is 0.467. The summed E-state index contributed by atoms with van der Waals surface area (Å²) in [7, 11) is 0. The molecule has 2 aliphatic rings. The fourth-order valence-electron chi connectivity index (χ4n) is 2.66. The Morgan fingerprint density at radius 1 is 0.952 bits per heavy atom. The fourth-order valence-corrected chi connectivity index (χ4v) is 3.72. The summed E-state index contributed by atoms with van der Waals surface area (Å²) in [5.74, 6) is 0.496. The first-order valence-electron chi connectivity index (χ1n) is 7.38. The van der Waals surface area contributed by atoms with Crippen LogP contribution in [-0.2, 0) is 0 Å². The van der Waals surface area contributed by atoms with Gasteiger partial charge in [-0.2, -0.15) is 0 Å². The Balaban J connectivity index is 1.40. The number of nitrogens with zero attached hydrogens (tertiary/aromatic N) is 4. The summed E-state index contributed by atoms with van der Waals surface area (Å²) >= 11 is 1.74. The number of rotatable bonds is 3. The van der Waals surface area contributed by atoms with Crippen molar-refractivity contribution < 1.29 is 4.39 Å². The second-order valence-electron chi connectivity index (χ2n) is 5.65. The standard InChI is InChI=1S/C15H17FN4S/c16-12-3-5-13(6-4-12)19-7-9-20(10-8-19)15-18-17-14(21-15)11-1-2-11/h3-6,11H,1-2,7-10H2. The minimum Gasteiger partial charge on any atom is -0.368 e. The van der Waals surface area contributed by atoms with Crippen LogP contribution in [0, 0.1) is 5.82 Å². The third-order valence-electron chi connectivity index (χ3n) is 4.10. The Morgan fingerprint density at radius 2 is 1.62 bits per heavy atom. The maximum absolute atomic E-state index is 13.0. The molecule has 0 atom stereocenters. The van der Waals surface area contributed by atoms with Gasteiger partial charge in [0, 0.05) is 37.8 Å². The van der Waals surface area contributed by atoms with Gasteiger partial charge in [0.05, 0.1) is 0 Å². The molecule has 0 amide bonds. The van der Waals surface area contributed by atoms with E-state index in [0.717, 1.165) is 37.0 Å². The van der Waals surface area contributed by atoms with Gasteiger partial charge in [-0.1, -0.05) is 11.3 Å². The maximum atomic E-state index is 13.0. The van der Waals surface area contributed by atoms with Crippen molar-refractivity contribution >= 4 is 22.2 Å². The molecule has 1 saturated heterocycles. The number of hydrogen-bond acceptors (Lipinski definition) is 5. The molecule has 4 nitrogen and oxygen atoms in total. The monoisotopic (exact) mass is 304 g/mol. The van der Waals surface area contributed by atoms with E-state index >= 15 is 0 Å². The number of benzene rings is 1. The highest BCUT2D eigenvalue weighted by Gasteiger charge is 2.29. The van der Waals surface area contributed by atoms with Crippen LogP contribution < -0.4 is 9.80 Å². The second kappa shape index (κ2) is 5.26. The van der Waals surface area contributed by atoms with Crippen molar-refractivity contribution in [2.24, 2.45) is 0 Å². The molecule has 2 aromatic rings. The van der Waals surface area contributed by atoms with E-state index in [0.29, 0.717) is 5.92 Å². The predicted octanol–water partition coefficient (Wildman–Crippen LogP) is 2.88. The van der Waals surface area contributed by atoms with Gasteiger partial charge >= 0.3 is 0 Å². The molecule has 2 heterocycles. The summed E-state index contributed by atoms with van der Waals surface area (Å²) < 4.78 is 13.0. The average molecular weight is 304 g/mol. The van der Waals surface area contributed by atoms with Crippen molar-refractivity contribution in [3.63, 3.8) is 0 Å². The largest absolute Gasteiger partial charge is 0.368 e. The summed E-state index contributed by atoms with van der Waals surface area (Å²) in [5.41, 5.74) is 1.09. The molecule has 6 heteroatoms. The summed E-state index contributed by atoms with van der Waals surface area (Å²) in [6, 6.07) is 6.74. The van der Waals surface area contributed by atoms with E-state index in [1.165, 1.54) is 30.0 Å². The highest BCUT2D eigenvalue weighted by molar-refractivity contribution is 7.15. The van der Waals surface area contributed by atoms with Crippen LogP contribution in [0.1, 0.15) is 23.8 Å². The van der Waals surface area contributed by atoms with Crippen molar-refractivity contribution in [2.45, 2.75) is 18.8 Å². The maximum Gasteiger partial charge on any atom is 0.208 e. The molecular weight excluding hydrogens is 287 g/mol. The summed E-state index contributed by atoms with van der Waals surface area (Å²) in [5, 5.41) is 10.9. The highest BCUT2D eigenvalue weighted by Crippen LogP contribution is 2.42. The van der Waals surface area contributed by atoms with E-state index in [-0.39, 0.29) is 5.82 Å². The van der Waals surface area contributed by atoms with Gasteiger partial charge in [0.2, 0.25) is 5.13 Å². The molecule has 0 bridgehead atoms. The first-order valence-corrected chi connectivity index (χ1v) is 8.20. The highest BCUT2D eigenvalue weighted by atomic mass is 32.1. The number of aromatic nitrogens is 2. The van der Waals surface area contributed by atoms with Gasteiger partial charge in [0.1, 0.15) is 10.8 Å². The van der Waals surface area contributed by atoms with Gasteiger partial charge in [0.25, 0.3) is 0 Å². The zero-order chi connectivity index (χ0) is 14.2. The molecule has 1 saturated carbocycles. The lowest BCUT2D eigenvalue weighted by Gasteiger charge is -2.35. The molecule has 1 aromatic carbocycles. The van der Waals surface area contributed by atoms with E-state index < -0.39 is 0 Å². The molecule has 1 aliphatic carbocycles. The second-order valence-corrected chi connectivity index (χ2v) is 6.64. The van der Waals surface area contributed by atoms with Gasteiger partial charge in [-0.05, 0) is 37.1 Å². The smallest absolute Gasteiger partial charge is 0.208 e. The molecule has 21 heavy (non-hydrogen) atoms. The van der Waals surface area contributed by atoms with E-state index in [1.54, 1.807) is 11.3 Å². The Labute approximate surface area is 127 Å². The molecule has 0 N–H and O–H groups in total. The first kappa shape index (κ1) is 13.0. The molecule has 0 unspecified atom stereocenters. The van der Waals surface area contributed by atoms with Gasteiger partial charge in [-0.25, -0.2) is 4.39 Å². The van der Waals surface area contributed by atoms with Gasteiger partial charge in [-0.15, -0.1) is 10.2 Å². The number of anilines is 2. The lowest BCUT2D eigenvalue weighted by Crippen LogP contribution is -2.46. The third kappa shape index (κ3) is 2.72. The number of hydrogen-bond donors (Lipinski definition) is 0. The van der Waals surface area contributed by atoms with Gasteiger partial charge in [-0.3, -0.25) is 0 Å². The van der Waals surface area contributed by atoms with Crippen LogP contribution in [0.3, 0.4) is 0 Å². The van der Waals surface area contributed by atoms with Crippen LogP contribution >= 0.6 is 11.3 Å². The zero-order valence-electron chi connectivity index (χ0n) is 11.7. The lowest BCUT2D eigenvalue weighted by molar-refractivity contribution is 0.624. The molecule has 0 radical (unpaired) electrons. The van der Waals surface area contributed by atoms with Crippen LogP contribution in [-0.4, -0.2) is 36.4 Å². The molecule has 1 aromatic heterocycles. The Hall–Kier alpha value is -1.69. The van der Waals surface area contributed by atoms with Crippen LogP contribution in [0.25, 0.3) is 0 Å². The van der Waals surface area contributed by atoms with Crippen molar-refractivity contribution in [1.82, 2.24) is 10.2 Å². The normalized spacial score (nSPS) is 19.1. The number of piperazine rings is 1. The van der Waals surface area contributed by atoms with E-state index in [1.807, 2.05) is 12.1 Å². The Kier molecular flexibility index (Phi) is 3.25. The molecule has 110 valence electrons. The van der Waals surface area contributed by atoms with Crippen molar-refractivity contribution in [1.29, 1.82) is 0 Å². The lowest BCUT2D eigenvalue weighted by atomic mass is 10.2. The molecule has 2 fully saturated rings. The molecule has 0 spiro atoms. The average Bonchev–Trinajstić information content (AvgIpc) is 3.26. The Bertz CT molecular complexity index is 615. The molecule has 1 aliphatic heterocycles. The van der Waals surface area contributed by atoms with Crippen molar-refractivity contribution in [3.05, 3.63) is 35.1 Å². The van der Waals surface area contributed by atoms with Crippen LogP contribution in [0.2, 0.25) is 0 Å². The minimum atomic E-state index is -0.182. The third-order valence-corrected chi connectivity index (χ3v) is 5.25. The Morgan fingerprint density at radius 3 is 2.29 bits per heavy atom. The van der Waals surface area contributed by atoms with Crippen LogP contribution in [0.15, 0.2) is 24.3 Å². The van der Waals surface area contributed by atoms with Gasteiger partial charge in [0.15, 0.2) is 0 Å². The summed E-state index contributed by atoms with van der Waals surface area (Å²) in [4.78, 5) is 4.60. The topological polar surface area (TPSA) is 32.3 Å². The number of halogens is 1. The molecule has 4 rings (SSSR count). The summed E-state index contributed by atoms with van der Waals surface area (Å²) in [6.07, 6.45) is 2.54.